The Bertz CT molecular complexity index is 463. The lowest BCUT2D eigenvalue weighted by Gasteiger charge is -2.15. The first-order chi connectivity index (χ1) is 7.37. The van der Waals surface area contributed by atoms with Crippen molar-refractivity contribution in [1.82, 2.24) is 0 Å². The molecule has 0 fully saturated rings. The normalized spacial score (nSPS) is 15.4. The Hall–Kier alpha value is -1.40. The minimum absolute atomic E-state index is 0.108. The molecule has 88 valence electrons. The Morgan fingerprint density at radius 1 is 1.25 bits per heavy atom. The maximum Gasteiger partial charge on any atom is 0.324 e. The summed E-state index contributed by atoms with van der Waals surface area (Å²) in [6.07, 6.45) is -1.47. The van der Waals surface area contributed by atoms with Crippen molar-refractivity contribution in [3.05, 3.63) is 30.3 Å². The molecule has 0 spiro atoms. The molecule has 2 N–H and O–H groups in total. The molecular formula is C10H12O5S. The van der Waals surface area contributed by atoms with Crippen LogP contribution in [0.3, 0.4) is 0 Å². The zero-order valence-corrected chi connectivity index (χ0v) is 9.39. The van der Waals surface area contributed by atoms with Crippen LogP contribution in [0.1, 0.15) is 6.92 Å². The molecule has 1 aromatic carbocycles. The highest BCUT2D eigenvalue weighted by Gasteiger charge is 2.37. The van der Waals surface area contributed by atoms with Crippen LogP contribution in [0.2, 0.25) is 0 Å². The fourth-order valence-corrected chi connectivity index (χ4v) is 2.97. The second kappa shape index (κ2) is 4.63. The molecule has 0 radical (unpaired) electrons. The van der Waals surface area contributed by atoms with Crippen molar-refractivity contribution in [1.29, 1.82) is 0 Å². The number of aliphatic hydroxyl groups is 1. The number of benzene rings is 1. The molecule has 2 unspecified atom stereocenters. The quantitative estimate of drug-likeness (QED) is 0.794. The van der Waals surface area contributed by atoms with E-state index in [1.54, 1.807) is 6.07 Å². The Labute approximate surface area is 93.3 Å². The van der Waals surface area contributed by atoms with Crippen LogP contribution in [0.15, 0.2) is 35.2 Å². The van der Waals surface area contributed by atoms with Crippen molar-refractivity contribution in [2.24, 2.45) is 0 Å². The highest BCUT2D eigenvalue weighted by atomic mass is 32.2. The van der Waals surface area contributed by atoms with Crippen LogP contribution < -0.4 is 0 Å². The molecule has 0 heterocycles. The monoisotopic (exact) mass is 244 g/mol. The molecule has 0 aliphatic carbocycles. The number of carboxylic acid groups (broad SMARTS) is 1. The molecular weight excluding hydrogens is 232 g/mol. The summed E-state index contributed by atoms with van der Waals surface area (Å²) in [4.78, 5) is 10.7. The average Bonchev–Trinajstić information content (AvgIpc) is 2.17. The van der Waals surface area contributed by atoms with Gasteiger partial charge in [0.25, 0.3) is 0 Å². The van der Waals surface area contributed by atoms with E-state index in [4.69, 9.17) is 5.11 Å². The molecule has 0 bridgehead atoms. The van der Waals surface area contributed by atoms with Crippen LogP contribution in [0.25, 0.3) is 0 Å². The van der Waals surface area contributed by atoms with Crippen LogP contribution in [0.4, 0.5) is 0 Å². The average molecular weight is 244 g/mol. The Kier molecular flexibility index (Phi) is 3.66. The zero-order valence-electron chi connectivity index (χ0n) is 8.57. The molecule has 0 saturated heterocycles. The van der Waals surface area contributed by atoms with Gasteiger partial charge in [-0.25, -0.2) is 8.42 Å². The molecule has 5 nitrogen and oxygen atoms in total. The van der Waals surface area contributed by atoms with E-state index in [1.165, 1.54) is 24.3 Å². The number of sulfone groups is 1. The SMILES string of the molecule is CC(O)C(C(=O)O)S(=O)(=O)c1ccccc1. The number of carbonyl (C=O) groups is 1. The first-order valence-corrected chi connectivity index (χ1v) is 6.12. The minimum atomic E-state index is -4.05. The summed E-state index contributed by atoms with van der Waals surface area (Å²) < 4.78 is 23.7. The molecule has 0 aliphatic rings. The van der Waals surface area contributed by atoms with Gasteiger partial charge in [-0.1, -0.05) is 18.2 Å². The van der Waals surface area contributed by atoms with E-state index >= 15 is 0 Å². The Balaban J connectivity index is 3.25. The van der Waals surface area contributed by atoms with Gasteiger partial charge in [0.2, 0.25) is 0 Å². The largest absolute Gasteiger partial charge is 0.480 e. The van der Waals surface area contributed by atoms with E-state index in [1.807, 2.05) is 0 Å². The smallest absolute Gasteiger partial charge is 0.324 e. The number of rotatable bonds is 4. The zero-order chi connectivity index (χ0) is 12.3. The summed E-state index contributed by atoms with van der Waals surface area (Å²) in [5.74, 6) is -1.56. The third kappa shape index (κ3) is 2.40. The fraction of sp³-hybridized carbons (Fsp3) is 0.300. The van der Waals surface area contributed by atoms with Crippen LogP contribution >= 0.6 is 0 Å². The minimum Gasteiger partial charge on any atom is -0.480 e. The van der Waals surface area contributed by atoms with Crippen molar-refractivity contribution < 1.29 is 23.4 Å². The van der Waals surface area contributed by atoms with Gasteiger partial charge in [0, 0.05) is 0 Å². The topological polar surface area (TPSA) is 91.7 Å². The van der Waals surface area contributed by atoms with Crippen molar-refractivity contribution in [2.45, 2.75) is 23.2 Å². The summed E-state index contributed by atoms with van der Waals surface area (Å²) >= 11 is 0. The summed E-state index contributed by atoms with van der Waals surface area (Å²) in [6, 6.07) is 7.21. The van der Waals surface area contributed by atoms with Gasteiger partial charge in [0.1, 0.15) is 0 Å². The maximum atomic E-state index is 11.9. The fourth-order valence-electron chi connectivity index (χ4n) is 1.36. The lowest BCUT2D eigenvalue weighted by atomic mass is 10.3. The van der Waals surface area contributed by atoms with Crippen LogP contribution in [0, 0.1) is 0 Å². The van der Waals surface area contributed by atoms with Crippen molar-refractivity contribution >= 4 is 15.8 Å². The number of aliphatic hydroxyl groups excluding tert-OH is 1. The number of hydrogen-bond acceptors (Lipinski definition) is 4. The van der Waals surface area contributed by atoms with Crippen molar-refractivity contribution in [3.63, 3.8) is 0 Å². The van der Waals surface area contributed by atoms with Crippen molar-refractivity contribution in [3.8, 4) is 0 Å². The third-order valence-electron chi connectivity index (χ3n) is 2.09. The number of carboxylic acids is 1. The second-order valence-electron chi connectivity index (χ2n) is 3.36. The third-order valence-corrected chi connectivity index (χ3v) is 4.28. The van der Waals surface area contributed by atoms with E-state index in [0.717, 1.165) is 6.92 Å². The van der Waals surface area contributed by atoms with E-state index in [0.29, 0.717) is 0 Å². The van der Waals surface area contributed by atoms with Gasteiger partial charge in [-0.05, 0) is 19.1 Å². The van der Waals surface area contributed by atoms with E-state index in [2.05, 4.69) is 0 Å². The van der Waals surface area contributed by atoms with Crippen LogP contribution in [0.5, 0.6) is 0 Å². The standard InChI is InChI=1S/C10H12O5S/c1-7(11)9(10(12)13)16(14,15)8-5-3-2-4-6-8/h2-7,9,11H,1H3,(H,12,13). The lowest BCUT2D eigenvalue weighted by Crippen LogP contribution is -2.39. The number of aliphatic carboxylic acids is 1. The van der Waals surface area contributed by atoms with E-state index < -0.39 is 27.2 Å². The maximum absolute atomic E-state index is 11.9. The first-order valence-electron chi connectivity index (χ1n) is 4.57. The predicted molar refractivity (Wildman–Crippen MR) is 56.7 cm³/mol. The molecule has 0 amide bonds. The van der Waals surface area contributed by atoms with Crippen molar-refractivity contribution in [2.75, 3.05) is 0 Å². The highest BCUT2D eigenvalue weighted by Crippen LogP contribution is 2.18. The Morgan fingerprint density at radius 3 is 2.12 bits per heavy atom. The summed E-state index contributed by atoms with van der Waals surface area (Å²) in [5, 5.41) is 16.2. The van der Waals surface area contributed by atoms with E-state index in [-0.39, 0.29) is 4.90 Å². The summed E-state index contributed by atoms with van der Waals surface area (Å²) in [6.45, 7) is 1.14. The van der Waals surface area contributed by atoms with Gasteiger partial charge >= 0.3 is 5.97 Å². The summed E-state index contributed by atoms with van der Waals surface area (Å²) in [5.41, 5.74) is 0. The second-order valence-corrected chi connectivity index (χ2v) is 5.43. The van der Waals surface area contributed by atoms with Gasteiger partial charge in [-0.2, -0.15) is 0 Å². The van der Waals surface area contributed by atoms with Gasteiger partial charge in [-0.15, -0.1) is 0 Å². The van der Waals surface area contributed by atoms with Crippen LogP contribution in [-0.2, 0) is 14.6 Å². The predicted octanol–water partition coefficient (Wildman–Crippen LogP) is 0.294. The molecule has 0 aromatic heterocycles. The molecule has 1 rings (SSSR count). The van der Waals surface area contributed by atoms with Crippen LogP contribution in [-0.4, -0.2) is 36.0 Å². The lowest BCUT2D eigenvalue weighted by molar-refractivity contribution is -0.138. The number of hydrogen-bond donors (Lipinski definition) is 2. The van der Waals surface area contributed by atoms with Gasteiger partial charge in [0.05, 0.1) is 11.0 Å². The summed E-state index contributed by atoms with van der Waals surface area (Å²) in [7, 11) is -4.05. The molecule has 0 saturated carbocycles. The van der Waals surface area contributed by atoms with Gasteiger partial charge in [-0.3, -0.25) is 4.79 Å². The molecule has 6 heteroatoms. The molecule has 2 atom stereocenters. The Morgan fingerprint density at radius 2 is 1.75 bits per heavy atom. The van der Waals surface area contributed by atoms with Gasteiger partial charge < -0.3 is 10.2 Å². The first kappa shape index (κ1) is 12.7. The molecule has 16 heavy (non-hydrogen) atoms. The highest BCUT2D eigenvalue weighted by molar-refractivity contribution is 7.92. The molecule has 0 aliphatic heterocycles. The van der Waals surface area contributed by atoms with E-state index in [9.17, 15) is 18.3 Å². The molecule has 1 aromatic rings. The van der Waals surface area contributed by atoms with Gasteiger partial charge in [0.15, 0.2) is 15.1 Å².